The number of hydrogen-bond acceptors (Lipinski definition) is 4. The average molecular weight is 243 g/mol. The molecule has 0 aromatic carbocycles. The minimum Gasteiger partial charge on any atom is -0.417 e. The second kappa shape index (κ2) is 6.59. The lowest BCUT2D eigenvalue weighted by atomic mass is 10.3. The smallest absolute Gasteiger partial charge is 0.230 e. The molecule has 1 aliphatic rings. The third kappa shape index (κ3) is 4.27. The standard InChI is InChI=1S/C10H17NO4Si/c1-8(16-15-7-10(13)14)11-6-4-2-3-5-9(11)12/h2-4,6,8,10,13-14H,5,7,16H2,1H3. The van der Waals surface area contributed by atoms with Gasteiger partial charge < -0.3 is 19.5 Å². The van der Waals surface area contributed by atoms with Crippen molar-refractivity contribution < 1.29 is 19.4 Å². The Balaban J connectivity index is 2.40. The Bertz CT molecular complexity index is 291. The highest BCUT2D eigenvalue weighted by Gasteiger charge is 2.18. The molecular weight excluding hydrogens is 226 g/mol. The van der Waals surface area contributed by atoms with E-state index in [4.69, 9.17) is 14.6 Å². The topological polar surface area (TPSA) is 70.0 Å². The Kier molecular flexibility index (Phi) is 5.40. The van der Waals surface area contributed by atoms with Gasteiger partial charge in [0.2, 0.25) is 5.91 Å². The van der Waals surface area contributed by atoms with Gasteiger partial charge in [0.05, 0.1) is 6.61 Å². The maximum atomic E-state index is 11.6. The van der Waals surface area contributed by atoms with E-state index in [9.17, 15) is 4.79 Å². The van der Waals surface area contributed by atoms with Crippen molar-refractivity contribution in [2.75, 3.05) is 6.61 Å². The molecule has 0 radical (unpaired) electrons. The first kappa shape index (κ1) is 13.1. The van der Waals surface area contributed by atoms with Gasteiger partial charge in [-0.2, -0.15) is 0 Å². The van der Waals surface area contributed by atoms with Crippen molar-refractivity contribution in [3.8, 4) is 0 Å². The first-order valence-electron chi connectivity index (χ1n) is 5.19. The highest BCUT2D eigenvalue weighted by Crippen LogP contribution is 2.07. The van der Waals surface area contributed by atoms with E-state index < -0.39 is 16.1 Å². The second-order valence-electron chi connectivity index (χ2n) is 3.64. The molecule has 1 atom stereocenters. The number of aliphatic hydroxyl groups excluding tert-OH is 1. The van der Waals surface area contributed by atoms with Crippen molar-refractivity contribution in [1.29, 1.82) is 0 Å². The van der Waals surface area contributed by atoms with Crippen molar-refractivity contribution in [3.05, 3.63) is 24.4 Å². The van der Waals surface area contributed by atoms with E-state index in [1.54, 1.807) is 11.1 Å². The quantitative estimate of drug-likeness (QED) is 0.482. The largest absolute Gasteiger partial charge is 0.417 e. The first-order valence-corrected chi connectivity index (χ1v) is 6.59. The molecule has 1 heterocycles. The van der Waals surface area contributed by atoms with Crippen LogP contribution in [0.15, 0.2) is 24.4 Å². The fourth-order valence-electron chi connectivity index (χ4n) is 1.40. The predicted octanol–water partition coefficient (Wildman–Crippen LogP) is -0.954. The second-order valence-corrected chi connectivity index (χ2v) is 5.57. The van der Waals surface area contributed by atoms with Crippen molar-refractivity contribution in [1.82, 2.24) is 4.90 Å². The van der Waals surface area contributed by atoms with Crippen LogP contribution in [0.25, 0.3) is 0 Å². The molecule has 6 heteroatoms. The van der Waals surface area contributed by atoms with Crippen LogP contribution in [0.2, 0.25) is 0 Å². The van der Waals surface area contributed by atoms with Gasteiger partial charge in [0, 0.05) is 18.3 Å². The lowest BCUT2D eigenvalue weighted by Gasteiger charge is -2.24. The van der Waals surface area contributed by atoms with Crippen LogP contribution >= 0.6 is 0 Å². The van der Waals surface area contributed by atoms with E-state index in [1.165, 1.54) is 0 Å². The molecule has 0 aliphatic carbocycles. The molecule has 16 heavy (non-hydrogen) atoms. The van der Waals surface area contributed by atoms with E-state index in [2.05, 4.69) is 0 Å². The number of carbonyl (C=O) groups is 1. The van der Waals surface area contributed by atoms with Gasteiger partial charge in [-0.1, -0.05) is 12.2 Å². The lowest BCUT2D eigenvalue weighted by Crippen LogP contribution is -2.39. The molecule has 5 nitrogen and oxygen atoms in total. The van der Waals surface area contributed by atoms with Crippen molar-refractivity contribution in [2.24, 2.45) is 0 Å². The number of amides is 1. The van der Waals surface area contributed by atoms with Crippen molar-refractivity contribution in [3.63, 3.8) is 0 Å². The number of allylic oxidation sites excluding steroid dienone is 2. The fourth-order valence-corrected chi connectivity index (χ4v) is 2.57. The molecule has 90 valence electrons. The molecule has 1 amide bonds. The predicted molar refractivity (Wildman–Crippen MR) is 61.9 cm³/mol. The summed E-state index contributed by atoms with van der Waals surface area (Å²) in [7, 11) is -0.993. The van der Waals surface area contributed by atoms with Crippen LogP contribution < -0.4 is 0 Å². The zero-order chi connectivity index (χ0) is 12.0. The van der Waals surface area contributed by atoms with E-state index in [-0.39, 0.29) is 18.2 Å². The summed E-state index contributed by atoms with van der Waals surface area (Å²) >= 11 is 0. The fraction of sp³-hybridized carbons (Fsp3) is 0.500. The molecule has 0 bridgehead atoms. The van der Waals surface area contributed by atoms with E-state index >= 15 is 0 Å². The molecular formula is C10H17NO4Si. The van der Waals surface area contributed by atoms with Crippen LogP contribution in [0.3, 0.4) is 0 Å². The van der Waals surface area contributed by atoms with Crippen molar-refractivity contribution in [2.45, 2.75) is 25.3 Å². The molecule has 0 saturated carbocycles. The van der Waals surface area contributed by atoms with E-state index in [1.807, 2.05) is 25.2 Å². The van der Waals surface area contributed by atoms with Crippen LogP contribution in [-0.4, -0.2) is 49.3 Å². The molecule has 1 aliphatic heterocycles. The van der Waals surface area contributed by atoms with Gasteiger partial charge >= 0.3 is 0 Å². The van der Waals surface area contributed by atoms with Gasteiger partial charge in [0.25, 0.3) is 0 Å². The van der Waals surface area contributed by atoms with Crippen LogP contribution in [-0.2, 0) is 9.22 Å². The molecule has 2 N–H and O–H groups in total. The third-order valence-corrected chi connectivity index (χ3v) is 3.52. The Labute approximate surface area is 97.0 Å². The molecule has 1 rings (SSSR count). The molecule has 1 unspecified atom stereocenters. The van der Waals surface area contributed by atoms with Crippen LogP contribution in [0.1, 0.15) is 13.3 Å². The number of aliphatic hydroxyl groups is 2. The van der Waals surface area contributed by atoms with Gasteiger partial charge in [-0.15, -0.1) is 0 Å². The first-order chi connectivity index (χ1) is 7.61. The SMILES string of the molecule is CC([SiH2]OCC(O)O)N1C=CC=CCC1=O. The number of carbonyl (C=O) groups excluding carboxylic acids is 1. The van der Waals surface area contributed by atoms with E-state index in [0.29, 0.717) is 6.42 Å². The van der Waals surface area contributed by atoms with Gasteiger partial charge in [-0.05, 0) is 13.0 Å². The minimum atomic E-state index is -1.43. The monoisotopic (exact) mass is 243 g/mol. The Morgan fingerprint density at radius 2 is 2.31 bits per heavy atom. The summed E-state index contributed by atoms with van der Waals surface area (Å²) in [5.41, 5.74) is 0.0161. The zero-order valence-corrected chi connectivity index (χ0v) is 10.7. The summed E-state index contributed by atoms with van der Waals surface area (Å²) < 4.78 is 5.19. The van der Waals surface area contributed by atoms with Crippen molar-refractivity contribution >= 4 is 15.7 Å². The average Bonchev–Trinajstić information content (AvgIpc) is 2.42. The molecule has 0 fully saturated rings. The van der Waals surface area contributed by atoms with Gasteiger partial charge in [0.1, 0.15) is 0 Å². The van der Waals surface area contributed by atoms with Crippen LogP contribution in [0.4, 0.5) is 0 Å². The summed E-state index contributed by atoms with van der Waals surface area (Å²) in [5, 5.41) is 17.2. The zero-order valence-electron chi connectivity index (χ0n) is 9.24. The van der Waals surface area contributed by atoms with E-state index in [0.717, 1.165) is 0 Å². The normalized spacial score (nSPS) is 18.8. The van der Waals surface area contributed by atoms with Crippen LogP contribution in [0.5, 0.6) is 0 Å². The number of nitrogens with zero attached hydrogens (tertiary/aromatic N) is 1. The summed E-state index contributed by atoms with van der Waals surface area (Å²) in [6, 6.07) is 0. The Morgan fingerprint density at radius 3 is 3.00 bits per heavy atom. The summed E-state index contributed by atoms with van der Waals surface area (Å²) in [4.78, 5) is 13.3. The highest BCUT2D eigenvalue weighted by molar-refractivity contribution is 6.30. The van der Waals surface area contributed by atoms with Gasteiger partial charge in [0.15, 0.2) is 16.1 Å². The summed E-state index contributed by atoms with van der Waals surface area (Å²) in [5.74, 6) is 0.0400. The minimum absolute atomic E-state index is 0.0161. The molecule has 0 spiro atoms. The summed E-state index contributed by atoms with van der Waals surface area (Å²) in [6.07, 6.45) is 6.17. The third-order valence-electron chi connectivity index (χ3n) is 2.18. The molecule has 0 aromatic rings. The number of rotatable bonds is 5. The molecule has 0 aromatic heterocycles. The van der Waals surface area contributed by atoms with Gasteiger partial charge in [-0.25, -0.2) is 0 Å². The molecule has 0 saturated heterocycles. The lowest BCUT2D eigenvalue weighted by molar-refractivity contribution is -0.128. The highest BCUT2D eigenvalue weighted by atomic mass is 28.2. The van der Waals surface area contributed by atoms with Crippen LogP contribution in [0, 0.1) is 0 Å². The Hall–Kier alpha value is -0.953. The maximum absolute atomic E-state index is 11.6. The Morgan fingerprint density at radius 1 is 1.56 bits per heavy atom. The maximum Gasteiger partial charge on any atom is 0.230 e. The summed E-state index contributed by atoms with van der Waals surface area (Å²) in [6.45, 7) is 1.82. The van der Waals surface area contributed by atoms with Gasteiger partial charge in [-0.3, -0.25) is 4.79 Å². The number of hydrogen-bond donors (Lipinski definition) is 2.